The summed E-state index contributed by atoms with van der Waals surface area (Å²) < 4.78 is 0. The lowest BCUT2D eigenvalue weighted by Gasteiger charge is -2.43. The van der Waals surface area contributed by atoms with Gasteiger partial charge in [0.05, 0.1) is 6.04 Å². The Labute approximate surface area is 138 Å². The predicted molar refractivity (Wildman–Crippen MR) is 90.5 cm³/mol. The first-order chi connectivity index (χ1) is 10.9. The Morgan fingerprint density at radius 2 is 1.87 bits per heavy atom. The highest BCUT2D eigenvalue weighted by molar-refractivity contribution is 5.95. The van der Waals surface area contributed by atoms with Crippen molar-refractivity contribution in [2.75, 3.05) is 0 Å². The predicted octanol–water partition coefficient (Wildman–Crippen LogP) is 3.17. The molecule has 3 atom stereocenters. The monoisotopic (exact) mass is 317 g/mol. The van der Waals surface area contributed by atoms with E-state index in [1.807, 2.05) is 18.2 Å². The van der Waals surface area contributed by atoms with Crippen LogP contribution in [0.5, 0.6) is 0 Å². The molecule has 0 saturated heterocycles. The third-order valence-electron chi connectivity index (χ3n) is 4.79. The maximum atomic E-state index is 12.9. The van der Waals surface area contributed by atoms with Crippen LogP contribution in [0.15, 0.2) is 30.3 Å². The Balaban J connectivity index is 2.32. The Hall–Kier alpha value is -2.04. The largest absolute Gasteiger partial charge is 0.350 e. The van der Waals surface area contributed by atoms with Crippen molar-refractivity contribution in [3.05, 3.63) is 35.9 Å². The van der Waals surface area contributed by atoms with Gasteiger partial charge in [0.2, 0.25) is 0 Å². The van der Waals surface area contributed by atoms with Gasteiger partial charge in [0.15, 0.2) is 0 Å². The van der Waals surface area contributed by atoms with Crippen molar-refractivity contribution in [2.45, 2.75) is 46.1 Å². The third kappa shape index (κ3) is 4.24. The number of urea groups is 1. The molecule has 0 bridgehead atoms. The number of nitrogens with one attached hydrogen (secondary N) is 1. The van der Waals surface area contributed by atoms with E-state index < -0.39 is 6.03 Å². The maximum absolute atomic E-state index is 12.9. The fraction of sp³-hybridized carbons (Fsp3) is 0.556. The molecule has 1 aliphatic carbocycles. The van der Waals surface area contributed by atoms with Crippen molar-refractivity contribution in [2.24, 2.45) is 23.5 Å². The summed E-state index contributed by atoms with van der Waals surface area (Å²) in [6.45, 7) is 6.53. The van der Waals surface area contributed by atoms with Crippen LogP contribution in [0.1, 0.15) is 50.4 Å². The van der Waals surface area contributed by atoms with Gasteiger partial charge in [0.25, 0.3) is 5.91 Å². The van der Waals surface area contributed by atoms with E-state index in [1.54, 1.807) is 12.1 Å². The molecule has 3 amide bonds. The third-order valence-corrected chi connectivity index (χ3v) is 4.79. The molecule has 126 valence electrons. The van der Waals surface area contributed by atoms with Crippen LogP contribution in [-0.4, -0.2) is 23.0 Å². The molecule has 0 aliphatic heterocycles. The average molecular weight is 317 g/mol. The zero-order valence-corrected chi connectivity index (χ0v) is 14.2. The number of rotatable bonds is 3. The molecule has 1 saturated carbocycles. The molecule has 3 unspecified atom stereocenters. The van der Waals surface area contributed by atoms with Gasteiger partial charge in [-0.15, -0.1) is 0 Å². The van der Waals surface area contributed by atoms with Gasteiger partial charge in [-0.2, -0.15) is 0 Å². The van der Waals surface area contributed by atoms with Crippen LogP contribution >= 0.6 is 0 Å². The van der Waals surface area contributed by atoms with E-state index in [1.165, 1.54) is 5.01 Å². The number of primary amides is 1. The molecule has 0 aromatic heterocycles. The van der Waals surface area contributed by atoms with E-state index in [-0.39, 0.29) is 11.9 Å². The maximum Gasteiger partial charge on any atom is 0.331 e. The number of hydrogen-bond donors (Lipinski definition) is 2. The molecular weight excluding hydrogens is 290 g/mol. The molecule has 1 aliphatic rings. The van der Waals surface area contributed by atoms with Gasteiger partial charge in [0.1, 0.15) is 0 Å². The Morgan fingerprint density at radius 1 is 1.22 bits per heavy atom. The Kier molecular flexibility index (Phi) is 5.64. The van der Waals surface area contributed by atoms with Gasteiger partial charge >= 0.3 is 6.03 Å². The van der Waals surface area contributed by atoms with Crippen LogP contribution in [0.25, 0.3) is 0 Å². The molecule has 1 fully saturated rings. The number of benzene rings is 1. The van der Waals surface area contributed by atoms with E-state index in [2.05, 4.69) is 26.2 Å². The summed E-state index contributed by atoms with van der Waals surface area (Å²) >= 11 is 0. The van der Waals surface area contributed by atoms with Crippen molar-refractivity contribution >= 4 is 11.9 Å². The molecule has 23 heavy (non-hydrogen) atoms. The fourth-order valence-electron chi connectivity index (χ4n) is 3.57. The number of hydrogen-bond acceptors (Lipinski definition) is 2. The summed E-state index contributed by atoms with van der Waals surface area (Å²) in [5, 5.41) is 1.47. The minimum atomic E-state index is -0.699. The summed E-state index contributed by atoms with van der Waals surface area (Å²) in [6, 6.07) is 8.29. The first-order valence-corrected chi connectivity index (χ1v) is 8.34. The van der Waals surface area contributed by atoms with Crippen molar-refractivity contribution in [1.82, 2.24) is 10.4 Å². The van der Waals surface area contributed by atoms with E-state index >= 15 is 0 Å². The van der Waals surface area contributed by atoms with E-state index in [9.17, 15) is 9.59 Å². The molecule has 2 rings (SSSR count). The first-order valence-electron chi connectivity index (χ1n) is 8.34. The SMILES string of the molecule is CC1CCC(C(C)C)C(N(NC(N)=O)C(=O)c2ccccc2)C1. The fourth-order valence-corrected chi connectivity index (χ4v) is 3.57. The zero-order valence-electron chi connectivity index (χ0n) is 14.2. The van der Waals surface area contributed by atoms with Gasteiger partial charge < -0.3 is 5.73 Å². The van der Waals surface area contributed by atoms with Gasteiger partial charge in [-0.3, -0.25) is 4.79 Å². The van der Waals surface area contributed by atoms with Crippen molar-refractivity contribution in [3.63, 3.8) is 0 Å². The minimum absolute atomic E-state index is 0.0287. The highest BCUT2D eigenvalue weighted by Gasteiger charge is 2.37. The summed E-state index contributed by atoms with van der Waals surface area (Å²) in [7, 11) is 0. The van der Waals surface area contributed by atoms with Crippen molar-refractivity contribution in [1.29, 1.82) is 0 Å². The molecule has 1 aromatic rings. The van der Waals surface area contributed by atoms with Crippen molar-refractivity contribution in [3.8, 4) is 0 Å². The number of carbonyl (C=O) groups is 2. The topological polar surface area (TPSA) is 75.4 Å². The number of nitrogens with two attached hydrogens (primary N) is 1. The number of nitrogens with zero attached hydrogens (tertiary/aromatic N) is 1. The molecule has 1 aromatic carbocycles. The number of amides is 3. The lowest BCUT2D eigenvalue weighted by Crippen LogP contribution is -2.57. The smallest absolute Gasteiger partial charge is 0.331 e. The summed E-state index contributed by atoms with van der Waals surface area (Å²) in [6.07, 6.45) is 3.09. The summed E-state index contributed by atoms with van der Waals surface area (Å²) in [5.41, 5.74) is 8.46. The van der Waals surface area contributed by atoms with E-state index in [0.717, 1.165) is 19.3 Å². The molecule has 0 heterocycles. The molecule has 5 nitrogen and oxygen atoms in total. The van der Waals surface area contributed by atoms with Crippen LogP contribution < -0.4 is 11.2 Å². The van der Waals surface area contributed by atoms with Crippen LogP contribution in [0, 0.1) is 17.8 Å². The highest BCUT2D eigenvalue weighted by Crippen LogP contribution is 2.36. The van der Waals surface area contributed by atoms with Gasteiger partial charge in [-0.25, -0.2) is 15.2 Å². The molecule has 3 N–H and O–H groups in total. The van der Waals surface area contributed by atoms with Crippen molar-refractivity contribution < 1.29 is 9.59 Å². The van der Waals surface area contributed by atoms with Crippen LogP contribution in [0.3, 0.4) is 0 Å². The van der Waals surface area contributed by atoms with E-state index in [0.29, 0.717) is 23.3 Å². The summed E-state index contributed by atoms with van der Waals surface area (Å²) in [4.78, 5) is 24.4. The number of hydrazine groups is 1. The number of carbonyl (C=O) groups excluding carboxylic acids is 2. The first kappa shape index (κ1) is 17.3. The zero-order chi connectivity index (χ0) is 17.0. The Morgan fingerprint density at radius 3 is 2.43 bits per heavy atom. The van der Waals surface area contributed by atoms with Crippen LogP contribution in [0.2, 0.25) is 0 Å². The van der Waals surface area contributed by atoms with Gasteiger partial charge in [-0.1, -0.05) is 45.4 Å². The van der Waals surface area contributed by atoms with Gasteiger partial charge in [-0.05, 0) is 42.7 Å². The summed E-state index contributed by atoms with van der Waals surface area (Å²) in [5.74, 6) is 1.11. The quantitative estimate of drug-likeness (QED) is 0.840. The minimum Gasteiger partial charge on any atom is -0.350 e. The average Bonchev–Trinajstić information content (AvgIpc) is 2.52. The molecular formula is C18H27N3O2. The molecule has 5 heteroatoms. The highest BCUT2D eigenvalue weighted by atomic mass is 16.2. The van der Waals surface area contributed by atoms with Crippen LogP contribution in [-0.2, 0) is 0 Å². The molecule has 0 radical (unpaired) electrons. The molecule has 0 spiro atoms. The lowest BCUT2D eigenvalue weighted by atomic mass is 9.73. The van der Waals surface area contributed by atoms with E-state index in [4.69, 9.17) is 5.73 Å². The second-order valence-electron chi connectivity index (χ2n) is 6.91. The lowest BCUT2D eigenvalue weighted by molar-refractivity contribution is 0.0253. The van der Waals surface area contributed by atoms with Crippen LogP contribution in [0.4, 0.5) is 4.79 Å². The normalized spacial score (nSPS) is 24.3. The van der Waals surface area contributed by atoms with Gasteiger partial charge in [0, 0.05) is 5.56 Å². The second-order valence-corrected chi connectivity index (χ2v) is 6.91. The second kappa shape index (κ2) is 7.49. The Bertz CT molecular complexity index is 544. The standard InChI is InChI=1S/C18H27N3O2/c1-12(2)15-10-9-13(3)11-16(15)21(20-18(19)23)17(22)14-7-5-4-6-8-14/h4-8,12-13,15-16H,9-11H2,1-3H3,(H3,19,20,23).